The van der Waals surface area contributed by atoms with Crippen LogP contribution in [-0.2, 0) is 18.3 Å². The lowest BCUT2D eigenvalue weighted by atomic mass is 9.86. The summed E-state index contributed by atoms with van der Waals surface area (Å²) in [4.78, 5) is 11.7. The summed E-state index contributed by atoms with van der Waals surface area (Å²) in [5, 5.41) is 5.57. The van der Waals surface area contributed by atoms with Crippen LogP contribution in [0.5, 0.6) is 5.75 Å². The molecule has 1 fully saturated rings. The summed E-state index contributed by atoms with van der Waals surface area (Å²) in [7, 11) is -2.18. The number of rotatable bonds is 11. The Morgan fingerprint density at radius 2 is 1.97 bits per heavy atom. The first-order valence-corrected chi connectivity index (χ1v) is 11.4. The maximum atomic E-state index is 13.3. The minimum Gasteiger partial charge on any atom is -0.491 e. The van der Waals surface area contributed by atoms with Crippen LogP contribution in [0, 0.1) is 0 Å². The molecular weight excluding hydrogens is 421 g/mol. The van der Waals surface area contributed by atoms with Gasteiger partial charge in [-0.25, -0.2) is 9.65 Å². The van der Waals surface area contributed by atoms with Crippen LogP contribution in [0.1, 0.15) is 24.2 Å². The number of hydrogen-bond acceptors (Lipinski definition) is 7. The summed E-state index contributed by atoms with van der Waals surface area (Å²) in [5.74, 6) is -0.325. The first kappa shape index (κ1) is 24.1. The zero-order valence-corrected chi connectivity index (χ0v) is 18.5. The van der Waals surface area contributed by atoms with Crippen molar-refractivity contribution in [1.29, 1.82) is 0 Å². The van der Waals surface area contributed by atoms with E-state index < -0.39 is 30.7 Å². The molecule has 1 saturated heterocycles. The molecule has 1 aliphatic heterocycles. The van der Waals surface area contributed by atoms with Crippen molar-refractivity contribution in [3.05, 3.63) is 29.8 Å². The molecule has 11 heteroatoms. The lowest BCUT2D eigenvalue weighted by Gasteiger charge is -2.47. The summed E-state index contributed by atoms with van der Waals surface area (Å²) in [6.45, 7) is 4.57. The van der Waals surface area contributed by atoms with E-state index >= 15 is 0 Å². The SMILES string of the molecule is CCOP(=O)(NC1(COc2ccccc2C(N)=O)C(Cl)CNCC1OC)OCC. The number of ether oxygens (including phenoxy) is 2. The van der Waals surface area contributed by atoms with Crippen molar-refractivity contribution in [2.24, 2.45) is 5.73 Å². The van der Waals surface area contributed by atoms with Gasteiger partial charge in [0.2, 0.25) is 0 Å². The quantitative estimate of drug-likeness (QED) is 0.346. The molecule has 1 heterocycles. The van der Waals surface area contributed by atoms with Gasteiger partial charge in [-0.1, -0.05) is 12.1 Å². The van der Waals surface area contributed by atoms with Crippen LogP contribution in [0.3, 0.4) is 0 Å². The third-order valence-electron chi connectivity index (χ3n) is 4.63. The zero-order valence-electron chi connectivity index (χ0n) is 16.9. The molecule has 4 N–H and O–H groups in total. The van der Waals surface area contributed by atoms with Crippen LogP contribution in [0.2, 0.25) is 0 Å². The summed E-state index contributed by atoms with van der Waals surface area (Å²) >= 11 is 6.68. The van der Waals surface area contributed by atoms with Crippen LogP contribution in [0.4, 0.5) is 0 Å². The number of benzene rings is 1. The Hall–Kier alpha value is -1.19. The Morgan fingerprint density at radius 3 is 2.55 bits per heavy atom. The van der Waals surface area contributed by atoms with Gasteiger partial charge >= 0.3 is 7.75 Å². The van der Waals surface area contributed by atoms with Crippen molar-refractivity contribution in [2.45, 2.75) is 30.9 Å². The van der Waals surface area contributed by atoms with Crippen LogP contribution in [0.15, 0.2) is 24.3 Å². The fourth-order valence-corrected chi connectivity index (χ4v) is 5.45. The van der Waals surface area contributed by atoms with Gasteiger partial charge in [0.25, 0.3) is 5.91 Å². The molecule has 0 radical (unpaired) electrons. The fraction of sp³-hybridized carbons (Fsp3) is 0.611. The number of piperidine rings is 1. The average Bonchev–Trinajstić information content (AvgIpc) is 2.68. The predicted octanol–water partition coefficient (Wildman–Crippen LogP) is 1.90. The highest BCUT2D eigenvalue weighted by Gasteiger charge is 2.53. The summed E-state index contributed by atoms with van der Waals surface area (Å²) in [5.41, 5.74) is 4.54. The van der Waals surface area contributed by atoms with Crippen LogP contribution in [0.25, 0.3) is 0 Å². The number of alkyl halides is 1. The smallest absolute Gasteiger partial charge is 0.406 e. The maximum Gasteiger partial charge on any atom is 0.406 e. The lowest BCUT2D eigenvalue weighted by Crippen LogP contribution is -2.71. The molecule has 1 amide bonds. The molecule has 164 valence electrons. The van der Waals surface area contributed by atoms with Crippen molar-refractivity contribution in [3.8, 4) is 5.75 Å². The van der Waals surface area contributed by atoms with Crippen molar-refractivity contribution < 1.29 is 27.9 Å². The largest absolute Gasteiger partial charge is 0.491 e. The molecule has 0 aromatic heterocycles. The Morgan fingerprint density at radius 1 is 1.31 bits per heavy atom. The highest BCUT2D eigenvalue weighted by molar-refractivity contribution is 7.51. The van der Waals surface area contributed by atoms with Gasteiger partial charge in [-0.3, -0.25) is 13.8 Å². The number of carbonyl (C=O) groups excluding carboxylic acids is 1. The van der Waals surface area contributed by atoms with E-state index in [2.05, 4.69) is 10.4 Å². The predicted molar refractivity (Wildman–Crippen MR) is 110 cm³/mol. The number of halogens is 1. The third-order valence-corrected chi connectivity index (χ3v) is 7.06. The van der Waals surface area contributed by atoms with Gasteiger partial charge in [-0.05, 0) is 26.0 Å². The van der Waals surface area contributed by atoms with E-state index in [4.69, 9.17) is 35.9 Å². The van der Waals surface area contributed by atoms with Gasteiger partial charge in [-0.2, -0.15) is 0 Å². The molecule has 3 atom stereocenters. The molecule has 0 spiro atoms. The molecule has 1 aromatic rings. The molecular formula is C18H29ClN3O6P. The van der Waals surface area contributed by atoms with Crippen molar-refractivity contribution in [3.63, 3.8) is 0 Å². The van der Waals surface area contributed by atoms with Crippen molar-refractivity contribution >= 4 is 25.3 Å². The second kappa shape index (κ2) is 10.7. The minimum absolute atomic E-state index is 0.0597. The van der Waals surface area contributed by atoms with E-state index in [9.17, 15) is 9.36 Å². The second-order valence-corrected chi connectivity index (χ2v) is 8.75. The zero-order chi connectivity index (χ0) is 21.5. The van der Waals surface area contributed by atoms with E-state index in [0.717, 1.165) is 0 Å². The summed E-state index contributed by atoms with van der Waals surface area (Å²) < 4.78 is 35.7. The Balaban J connectivity index is 2.40. The van der Waals surface area contributed by atoms with Gasteiger partial charge in [0.15, 0.2) is 0 Å². The van der Waals surface area contributed by atoms with Gasteiger partial charge in [0.1, 0.15) is 17.9 Å². The molecule has 0 aliphatic carbocycles. The minimum atomic E-state index is -3.71. The third kappa shape index (κ3) is 5.70. The van der Waals surface area contributed by atoms with E-state index in [0.29, 0.717) is 18.8 Å². The Kier molecular flexibility index (Phi) is 8.91. The number of amides is 1. The van der Waals surface area contributed by atoms with Gasteiger partial charge in [-0.15, -0.1) is 11.6 Å². The highest BCUT2D eigenvalue weighted by atomic mass is 35.5. The normalized spacial score (nSPS) is 25.0. The Labute approximate surface area is 176 Å². The van der Waals surface area contributed by atoms with Crippen molar-refractivity contribution in [1.82, 2.24) is 10.4 Å². The standard InChI is InChI=1S/C18H29ClN3O6P/c1-4-27-29(24,28-5-2)22-18(15(19)10-21-11-16(18)25-3)12-26-14-9-7-6-8-13(14)17(20)23/h6-9,15-16,21H,4-5,10-12H2,1-3H3,(H2,20,23)(H,22,24). The Bertz CT molecular complexity index is 729. The average molecular weight is 450 g/mol. The molecule has 2 rings (SSSR count). The molecule has 29 heavy (non-hydrogen) atoms. The van der Waals surface area contributed by atoms with Crippen molar-refractivity contribution in [2.75, 3.05) is 40.0 Å². The molecule has 9 nitrogen and oxygen atoms in total. The summed E-state index contributed by atoms with van der Waals surface area (Å²) in [6, 6.07) is 6.61. The molecule has 0 saturated carbocycles. The van der Waals surface area contributed by atoms with E-state index in [-0.39, 0.29) is 25.4 Å². The van der Waals surface area contributed by atoms with Gasteiger partial charge in [0, 0.05) is 20.2 Å². The second-order valence-electron chi connectivity index (χ2n) is 6.48. The van der Waals surface area contributed by atoms with Crippen LogP contribution >= 0.6 is 19.3 Å². The number of methoxy groups -OCH3 is 1. The van der Waals surface area contributed by atoms with Crippen LogP contribution < -0.4 is 20.9 Å². The van der Waals surface area contributed by atoms with Gasteiger partial charge in [0.05, 0.1) is 30.3 Å². The maximum absolute atomic E-state index is 13.3. The fourth-order valence-electron chi connectivity index (χ4n) is 3.25. The van der Waals surface area contributed by atoms with E-state index in [1.165, 1.54) is 7.11 Å². The number of carbonyl (C=O) groups is 1. The first-order chi connectivity index (χ1) is 13.8. The monoisotopic (exact) mass is 449 g/mol. The van der Waals surface area contributed by atoms with Gasteiger partial charge < -0.3 is 20.5 Å². The molecule has 0 bridgehead atoms. The van der Waals surface area contributed by atoms with Crippen LogP contribution in [-0.4, -0.2) is 62.9 Å². The summed E-state index contributed by atoms with van der Waals surface area (Å²) in [6.07, 6.45) is -0.520. The topological polar surface area (TPSA) is 121 Å². The first-order valence-electron chi connectivity index (χ1n) is 9.39. The molecule has 1 aromatic carbocycles. The number of nitrogens with two attached hydrogens (primary N) is 1. The number of primary amides is 1. The number of nitrogens with one attached hydrogen (secondary N) is 2. The van der Waals surface area contributed by atoms with E-state index in [1.807, 2.05) is 0 Å². The molecule has 1 aliphatic rings. The lowest BCUT2D eigenvalue weighted by molar-refractivity contribution is -0.0160. The highest BCUT2D eigenvalue weighted by Crippen LogP contribution is 2.48. The number of hydrogen-bond donors (Lipinski definition) is 3. The number of para-hydroxylation sites is 1. The van der Waals surface area contributed by atoms with E-state index in [1.54, 1.807) is 38.1 Å². The molecule has 3 unspecified atom stereocenters.